The maximum atomic E-state index is 12.3. The Morgan fingerprint density at radius 1 is 0.957 bits per heavy atom. The van der Waals surface area contributed by atoms with Crippen molar-refractivity contribution in [1.82, 2.24) is 14.8 Å². The lowest BCUT2D eigenvalue weighted by Crippen LogP contribution is -2.51. The molecule has 0 aliphatic carbocycles. The lowest BCUT2D eigenvalue weighted by molar-refractivity contribution is -0.129. The van der Waals surface area contributed by atoms with Gasteiger partial charge in [0.1, 0.15) is 5.69 Å². The first-order valence-corrected chi connectivity index (χ1v) is 8.61. The molecule has 1 aliphatic rings. The highest BCUT2D eigenvalue weighted by molar-refractivity contribution is 8.00. The van der Waals surface area contributed by atoms with Gasteiger partial charge in [-0.1, -0.05) is 18.2 Å². The van der Waals surface area contributed by atoms with Crippen LogP contribution < -0.4 is 0 Å². The SMILES string of the molecule is O=C(CSc1ccccc1)N1CCN(C(=O)c2ccc[nH]2)CC1. The fraction of sp³-hybridized carbons (Fsp3) is 0.294. The number of hydrogen-bond donors (Lipinski definition) is 1. The van der Waals surface area contributed by atoms with E-state index < -0.39 is 0 Å². The summed E-state index contributed by atoms with van der Waals surface area (Å²) in [5.74, 6) is 0.570. The first-order valence-electron chi connectivity index (χ1n) is 7.62. The Balaban J connectivity index is 1.47. The second-order valence-electron chi connectivity index (χ2n) is 5.36. The molecule has 5 nitrogen and oxygen atoms in total. The van der Waals surface area contributed by atoms with Crippen molar-refractivity contribution in [2.24, 2.45) is 0 Å². The van der Waals surface area contributed by atoms with Gasteiger partial charge in [-0.15, -0.1) is 11.8 Å². The molecule has 0 radical (unpaired) electrons. The molecule has 1 saturated heterocycles. The number of H-pyrrole nitrogens is 1. The summed E-state index contributed by atoms with van der Waals surface area (Å²) >= 11 is 1.55. The second kappa shape index (κ2) is 7.37. The number of carbonyl (C=O) groups excluding carboxylic acids is 2. The third-order valence-electron chi connectivity index (χ3n) is 3.85. The van der Waals surface area contributed by atoms with Gasteiger partial charge < -0.3 is 14.8 Å². The van der Waals surface area contributed by atoms with E-state index in [0.717, 1.165) is 4.90 Å². The Kier molecular flexibility index (Phi) is 5.02. The lowest BCUT2D eigenvalue weighted by atomic mass is 10.3. The summed E-state index contributed by atoms with van der Waals surface area (Å²) < 4.78 is 0. The van der Waals surface area contributed by atoms with Crippen LogP contribution in [0.25, 0.3) is 0 Å². The first-order chi connectivity index (χ1) is 11.2. The van der Waals surface area contributed by atoms with Gasteiger partial charge in [-0.05, 0) is 24.3 Å². The van der Waals surface area contributed by atoms with Gasteiger partial charge in [-0.3, -0.25) is 9.59 Å². The zero-order valence-electron chi connectivity index (χ0n) is 12.8. The molecule has 0 saturated carbocycles. The van der Waals surface area contributed by atoms with Gasteiger partial charge in [0.05, 0.1) is 5.75 Å². The number of hydrogen-bond acceptors (Lipinski definition) is 3. The standard InChI is InChI=1S/C17H19N3O2S/c21-16(13-23-14-5-2-1-3-6-14)19-9-11-20(12-10-19)17(22)15-7-4-8-18-15/h1-8,18H,9-13H2. The van der Waals surface area contributed by atoms with E-state index in [1.54, 1.807) is 28.9 Å². The Hall–Kier alpha value is -2.21. The number of nitrogens with one attached hydrogen (secondary N) is 1. The summed E-state index contributed by atoms with van der Waals surface area (Å²) in [5, 5.41) is 0. The zero-order valence-corrected chi connectivity index (χ0v) is 13.6. The highest BCUT2D eigenvalue weighted by Crippen LogP contribution is 2.18. The Morgan fingerprint density at radius 3 is 2.30 bits per heavy atom. The topological polar surface area (TPSA) is 56.4 Å². The van der Waals surface area contributed by atoms with Crippen LogP contribution in [0.5, 0.6) is 0 Å². The number of piperazine rings is 1. The minimum absolute atomic E-state index is 0.000703. The Bertz CT molecular complexity index is 650. The number of aromatic amines is 1. The molecular weight excluding hydrogens is 310 g/mol. The molecule has 120 valence electrons. The van der Waals surface area contributed by atoms with Crippen LogP contribution in [0.1, 0.15) is 10.5 Å². The number of aromatic nitrogens is 1. The van der Waals surface area contributed by atoms with E-state index in [1.165, 1.54) is 0 Å². The number of thioether (sulfide) groups is 1. The van der Waals surface area contributed by atoms with Crippen molar-refractivity contribution in [2.45, 2.75) is 4.90 Å². The molecule has 23 heavy (non-hydrogen) atoms. The van der Waals surface area contributed by atoms with Gasteiger partial charge in [-0.25, -0.2) is 0 Å². The number of carbonyl (C=O) groups is 2. The molecule has 0 atom stereocenters. The third-order valence-corrected chi connectivity index (χ3v) is 4.85. The van der Waals surface area contributed by atoms with Gasteiger partial charge in [-0.2, -0.15) is 0 Å². The fourth-order valence-corrected chi connectivity index (χ4v) is 3.37. The molecule has 1 N–H and O–H groups in total. The van der Waals surface area contributed by atoms with Gasteiger partial charge in [0.2, 0.25) is 5.91 Å². The highest BCUT2D eigenvalue weighted by Gasteiger charge is 2.25. The van der Waals surface area contributed by atoms with Crippen molar-refractivity contribution in [1.29, 1.82) is 0 Å². The van der Waals surface area contributed by atoms with Crippen LogP contribution in [0.4, 0.5) is 0 Å². The van der Waals surface area contributed by atoms with Crippen molar-refractivity contribution in [3.8, 4) is 0 Å². The monoisotopic (exact) mass is 329 g/mol. The molecule has 6 heteroatoms. The number of nitrogens with zero attached hydrogens (tertiary/aromatic N) is 2. The highest BCUT2D eigenvalue weighted by atomic mass is 32.2. The van der Waals surface area contributed by atoms with Gasteiger partial charge in [0.25, 0.3) is 5.91 Å². The largest absolute Gasteiger partial charge is 0.357 e. The maximum Gasteiger partial charge on any atom is 0.270 e. The molecule has 2 aromatic rings. The fourth-order valence-electron chi connectivity index (χ4n) is 2.55. The zero-order chi connectivity index (χ0) is 16.1. The maximum absolute atomic E-state index is 12.3. The lowest BCUT2D eigenvalue weighted by Gasteiger charge is -2.34. The van der Waals surface area contributed by atoms with E-state index in [0.29, 0.717) is 37.6 Å². The smallest absolute Gasteiger partial charge is 0.270 e. The van der Waals surface area contributed by atoms with Crippen LogP contribution in [0.2, 0.25) is 0 Å². The van der Waals surface area contributed by atoms with Crippen molar-refractivity contribution in [2.75, 3.05) is 31.9 Å². The van der Waals surface area contributed by atoms with E-state index in [2.05, 4.69) is 4.98 Å². The summed E-state index contributed by atoms with van der Waals surface area (Å²) in [6.45, 7) is 2.36. The quantitative estimate of drug-likeness (QED) is 0.874. The number of benzene rings is 1. The molecule has 1 fully saturated rings. The average Bonchev–Trinajstić information content (AvgIpc) is 3.15. The van der Waals surface area contributed by atoms with Gasteiger partial charge in [0.15, 0.2) is 0 Å². The van der Waals surface area contributed by atoms with Crippen molar-refractivity contribution in [3.05, 3.63) is 54.4 Å². The van der Waals surface area contributed by atoms with E-state index in [4.69, 9.17) is 0 Å². The molecule has 0 unspecified atom stereocenters. The van der Waals surface area contributed by atoms with E-state index in [-0.39, 0.29) is 11.8 Å². The molecule has 1 aliphatic heterocycles. The molecular formula is C17H19N3O2S. The Morgan fingerprint density at radius 2 is 1.65 bits per heavy atom. The average molecular weight is 329 g/mol. The van der Waals surface area contributed by atoms with Crippen LogP contribution >= 0.6 is 11.8 Å². The molecule has 3 rings (SSSR count). The van der Waals surface area contributed by atoms with Gasteiger partial charge in [0, 0.05) is 37.3 Å². The second-order valence-corrected chi connectivity index (χ2v) is 6.41. The van der Waals surface area contributed by atoms with E-state index >= 15 is 0 Å². The van der Waals surface area contributed by atoms with Gasteiger partial charge >= 0.3 is 0 Å². The molecule has 0 bridgehead atoms. The number of amides is 2. The van der Waals surface area contributed by atoms with Crippen molar-refractivity contribution >= 4 is 23.6 Å². The number of rotatable bonds is 4. The van der Waals surface area contributed by atoms with Crippen LogP contribution in [0.15, 0.2) is 53.6 Å². The minimum Gasteiger partial charge on any atom is -0.357 e. The van der Waals surface area contributed by atoms with Crippen LogP contribution in [0.3, 0.4) is 0 Å². The summed E-state index contributed by atoms with van der Waals surface area (Å²) in [5.41, 5.74) is 0.601. The predicted octanol–water partition coefficient (Wildman–Crippen LogP) is 2.09. The van der Waals surface area contributed by atoms with Crippen LogP contribution in [0, 0.1) is 0 Å². The summed E-state index contributed by atoms with van der Waals surface area (Å²) in [4.78, 5) is 32.2. The third kappa shape index (κ3) is 3.96. The van der Waals surface area contributed by atoms with Crippen molar-refractivity contribution < 1.29 is 9.59 Å². The molecule has 1 aromatic heterocycles. The summed E-state index contributed by atoms with van der Waals surface area (Å²) in [6.07, 6.45) is 1.74. The van der Waals surface area contributed by atoms with Crippen LogP contribution in [-0.2, 0) is 4.79 Å². The van der Waals surface area contributed by atoms with E-state index in [9.17, 15) is 9.59 Å². The van der Waals surface area contributed by atoms with Crippen LogP contribution in [-0.4, -0.2) is 58.5 Å². The molecule has 0 spiro atoms. The Labute approximate surface area is 139 Å². The molecule has 1 aromatic carbocycles. The predicted molar refractivity (Wildman–Crippen MR) is 90.4 cm³/mol. The summed E-state index contributed by atoms with van der Waals surface area (Å²) in [6, 6.07) is 13.5. The van der Waals surface area contributed by atoms with E-state index in [1.807, 2.05) is 41.3 Å². The molecule has 2 amide bonds. The normalized spacial score (nSPS) is 14.8. The summed E-state index contributed by atoms with van der Waals surface area (Å²) in [7, 11) is 0. The molecule has 2 heterocycles. The minimum atomic E-state index is 0.000703. The van der Waals surface area contributed by atoms with Crippen molar-refractivity contribution in [3.63, 3.8) is 0 Å². The first kappa shape index (κ1) is 15.7.